The number of fused-ring (bicyclic) bond motifs is 1. The van der Waals surface area contributed by atoms with Gasteiger partial charge in [-0.1, -0.05) is 30.3 Å². The summed E-state index contributed by atoms with van der Waals surface area (Å²) in [5.41, 5.74) is 7.54. The van der Waals surface area contributed by atoms with Gasteiger partial charge < -0.3 is 10.5 Å². The number of benzene rings is 3. The lowest BCUT2D eigenvalue weighted by Crippen LogP contribution is -2.11. The zero-order chi connectivity index (χ0) is 18.0. The molecule has 0 aromatic heterocycles. The van der Waals surface area contributed by atoms with Crippen LogP contribution in [0.15, 0.2) is 69.7 Å². The number of anilines is 1. The third kappa shape index (κ3) is 3.44. The summed E-state index contributed by atoms with van der Waals surface area (Å²) in [6, 6.07) is 15.1. The molecule has 128 valence electrons. The molecule has 0 radical (unpaired) electrons. The maximum atomic E-state index is 11.4. The van der Waals surface area contributed by atoms with E-state index in [0.29, 0.717) is 22.8 Å². The number of sulfonamides is 1. The average molecular weight is 356 g/mol. The van der Waals surface area contributed by atoms with Crippen molar-refractivity contribution >= 4 is 37.9 Å². The SMILES string of the molecule is COc1cc(/N=N/c2cccc(S(N)(=O)=O)c2)c2ccccc2c1N. The van der Waals surface area contributed by atoms with Crippen molar-refractivity contribution in [1.82, 2.24) is 0 Å². The second-order valence-electron chi connectivity index (χ2n) is 5.30. The molecule has 0 aliphatic carbocycles. The van der Waals surface area contributed by atoms with Gasteiger partial charge in [-0.25, -0.2) is 13.6 Å². The summed E-state index contributed by atoms with van der Waals surface area (Å²) in [7, 11) is -2.27. The molecular formula is C17H16N4O3S. The quantitative estimate of drug-likeness (QED) is 0.549. The van der Waals surface area contributed by atoms with E-state index < -0.39 is 10.0 Å². The second kappa shape index (κ2) is 6.50. The molecule has 3 rings (SSSR count). The molecule has 0 atom stereocenters. The second-order valence-corrected chi connectivity index (χ2v) is 6.86. The van der Waals surface area contributed by atoms with Crippen molar-refractivity contribution in [2.24, 2.45) is 15.4 Å². The topological polar surface area (TPSA) is 120 Å². The number of ether oxygens (including phenoxy) is 1. The summed E-state index contributed by atoms with van der Waals surface area (Å²) in [6.45, 7) is 0. The maximum absolute atomic E-state index is 11.4. The molecule has 0 aliphatic heterocycles. The summed E-state index contributed by atoms with van der Waals surface area (Å²) in [5.74, 6) is 0.492. The molecule has 0 amide bonds. The summed E-state index contributed by atoms with van der Waals surface area (Å²) < 4.78 is 28.1. The number of hydrogen-bond acceptors (Lipinski definition) is 6. The Morgan fingerprint density at radius 3 is 2.36 bits per heavy atom. The molecule has 0 saturated heterocycles. The van der Waals surface area contributed by atoms with Gasteiger partial charge in [0.15, 0.2) is 0 Å². The van der Waals surface area contributed by atoms with Gasteiger partial charge in [-0.2, -0.15) is 5.11 Å². The fourth-order valence-electron chi connectivity index (χ4n) is 2.44. The van der Waals surface area contributed by atoms with E-state index in [2.05, 4.69) is 10.2 Å². The molecule has 0 fully saturated rings. The highest BCUT2D eigenvalue weighted by Gasteiger charge is 2.10. The number of azo groups is 1. The first kappa shape index (κ1) is 16.9. The lowest BCUT2D eigenvalue weighted by molar-refractivity contribution is 0.417. The molecule has 3 aromatic carbocycles. The minimum absolute atomic E-state index is 0.0244. The smallest absolute Gasteiger partial charge is 0.238 e. The van der Waals surface area contributed by atoms with Crippen molar-refractivity contribution < 1.29 is 13.2 Å². The number of nitrogen functional groups attached to an aromatic ring is 1. The molecule has 8 heteroatoms. The lowest BCUT2D eigenvalue weighted by atomic mass is 10.1. The summed E-state index contributed by atoms with van der Waals surface area (Å²) >= 11 is 0. The third-order valence-corrected chi connectivity index (χ3v) is 4.58. The first-order valence-electron chi connectivity index (χ1n) is 7.30. The Morgan fingerprint density at radius 1 is 0.960 bits per heavy atom. The summed E-state index contributed by atoms with van der Waals surface area (Å²) in [4.78, 5) is -0.0244. The van der Waals surface area contributed by atoms with Gasteiger partial charge in [0.1, 0.15) is 5.75 Å². The van der Waals surface area contributed by atoms with Gasteiger partial charge in [-0.15, -0.1) is 5.11 Å². The van der Waals surface area contributed by atoms with E-state index in [9.17, 15) is 8.42 Å². The lowest BCUT2D eigenvalue weighted by Gasteiger charge is -2.10. The monoisotopic (exact) mass is 356 g/mol. The predicted octanol–water partition coefficient (Wildman–Crippen LogP) is 3.49. The molecule has 0 saturated carbocycles. The highest BCUT2D eigenvalue weighted by Crippen LogP contribution is 2.38. The Hall–Kier alpha value is -2.97. The molecule has 0 aliphatic rings. The fraction of sp³-hybridized carbons (Fsp3) is 0.0588. The van der Waals surface area contributed by atoms with Gasteiger partial charge in [0.2, 0.25) is 10.0 Å². The van der Waals surface area contributed by atoms with E-state index in [-0.39, 0.29) is 4.90 Å². The van der Waals surface area contributed by atoms with Crippen molar-refractivity contribution in [2.75, 3.05) is 12.8 Å². The normalized spacial score (nSPS) is 11.9. The third-order valence-electron chi connectivity index (χ3n) is 3.67. The Balaban J connectivity index is 2.09. The van der Waals surface area contributed by atoms with Crippen LogP contribution in [0.4, 0.5) is 17.1 Å². The van der Waals surface area contributed by atoms with Gasteiger partial charge >= 0.3 is 0 Å². The molecule has 4 N–H and O–H groups in total. The van der Waals surface area contributed by atoms with Gasteiger partial charge in [-0.3, -0.25) is 0 Å². The Morgan fingerprint density at radius 2 is 1.68 bits per heavy atom. The van der Waals surface area contributed by atoms with Gasteiger partial charge in [0, 0.05) is 16.8 Å². The number of hydrogen-bond donors (Lipinski definition) is 2. The standard InChI is InChI=1S/C17H16N4O3S/c1-24-16-10-15(13-7-2-3-8-14(13)17(16)18)21-20-11-5-4-6-12(9-11)25(19,22)23/h2-10H,18H2,1H3,(H2,19,22,23)/b21-20+. The highest BCUT2D eigenvalue weighted by atomic mass is 32.2. The van der Waals surface area contributed by atoms with Crippen molar-refractivity contribution in [2.45, 2.75) is 4.90 Å². The zero-order valence-electron chi connectivity index (χ0n) is 13.4. The number of nitrogens with zero attached hydrogens (tertiary/aromatic N) is 2. The van der Waals surface area contributed by atoms with E-state index in [1.54, 1.807) is 18.2 Å². The molecule has 7 nitrogen and oxygen atoms in total. The fourth-order valence-corrected chi connectivity index (χ4v) is 2.99. The minimum atomic E-state index is -3.80. The van der Waals surface area contributed by atoms with Gasteiger partial charge in [0.05, 0.1) is 29.1 Å². The van der Waals surface area contributed by atoms with Crippen molar-refractivity contribution in [3.8, 4) is 5.75 Å². The maximum Gasteiger partial charge on any atom is 0.238 e. The summed E-state index contributed by atoms with van der Waals surface area (Å²) in [6.07, 6.45) is 0. The average Bonchev–Trinajstić information content (AvgIpc) is 2.61. The molecular weight excluding hydrogens is 340 g/mol. The van der Waals surface area contributed by atoms with Crippen LogP contribution in [0.25, 0.3) is 10.8 Å². The largest absolute Gasteiger partial charge is 0.494 e. The van der Waals surface area contributed by atoms with Crippen LogP contribution >= 0.6 is 0 Å². The molecule has 0 spiro atoms. The van der Waals surface area contributed by atoms with Crippen LogP contribution in [0.1, 0.15) is 0 Å². The molecule has 0 heterocycles. The van der Waals surface area contributed by atoms with Crippen LogP contribution in [0.2, 0.25) is 0 Å². The van der Waals surface area contributed by atoms with Crippen LogP contribution in [0.3, 0.4) is 0 Å². The van der Waals surface area contributed by atoms with E-state index in [4.69, 9.17) is 15.6 Å². The van der Waals surface area contributed by atoms with Crippen LogP contribution in [-0.2, 0) is 10.0 Å². The Kier molecular flexibility index (Phi) is 4.39. The van der Waals surface area contributed by atoms with Crippen LogP contribution in [0, 0.1) is 0 Å². The number of nitrogens with two attached hydrogens (primary N) is 2. The minimum Gasteiger partial charge on any atom is -0.494 e. The Bertz CT molecular complexity index is 1080. The van der Waals surface area contributed by atoms with Crippen molar-refractivity contribution in [1.29, 1.82) is 0 Å². The van der Waals surface area contributed by atoms with Gasteiger partial charge in [-0.05, 0) is 18.2 Å². The predicted molar refractivity (Wildman–Crippen MR) is 96.9 cm³/mol. The van der Waals surface area contributed by atoms with Crippen molar-refractivity contribution in [3.05, 3.63) is 54.6 Å². The number of methoxy groups -OCH3 is 1. The Labute approximate surface area is 145 Å². The molecule has 3 aromatic rings. The first-order chi connectivity index (χ1) is 11.9. The first-order valence-corrected chi connectivity index (χ1v) is 8.84. The molecule has 0 unspecified atom stereocenters. The summed E-state index contributed by atoms with van der Waals surface area (Å²) in [5, 5.41) is 15.1. The van der Waals surface area contributed by atoms with Crippen molar-refractivity contribution in [3.63, 3.8) is 0 Å². The zero-order valence-corrected chi connectivity index (χ0v) is 14.2. The molecule has 25 heavy (non-hydrogen) atoms. The van der Waals surface area contributed by atoms with E-state index >= 15 is 0 Å². The number of primary sulfonamides is 1. The van der Waals surface area contributed by atoms with Crippen LogP contribution in [0.5, 0.6) is 5.75 Å². The number of rotatable bonds is 4. The van der Waals surface area contributed by atoms with Crippen LogP contribution < -0.4 is 15.6 Å². The van der Waals surface area contributed by atoms with E-state index in [0.717, 1.165) is 10.8 Å². The highest BCUT2D eigenvalue weighted by molar-refractivity contribution is 7.89. The van der Waals surface area contributed by atoms with E-state index in [1.807, 2.05) is 24.3 Å². The molecule has 0 bridgehead atoms. The van der Waals surface area contributed by atoms with Gasteiger partial charge in [0.25, 0.3) is 0 Å². The van der Waals surface area contributed by atoms with Crippen LogP contribution in [-0.4, -0.2) is 15.5 Å². The van der Waals surface area contributed by atoms with E-state index in [1.165, 1.54) is 19.2 Å².